The first-order valence-electron chi connectivity index (χ1n) is 16.4. The summed E-state index contributed by atoms with van der Waals surface area (Å²) >= 11 is 4.57. The topological polar surface area (TPSA) is 116 Å². The number of hydrogen-bond acceptors (Lipinski definition) is 6. The zero-order valence-electron chi connectivity index (χ0n) is 26.6. The lowest BCUT2D eigenvalue weighted by Crippen LogP contribution is -2.56. The van der Waals surface area contributed by atoms with Crippen LogP contribution in [0.3, 0.4) is 0 Å². The summed E-state index contributed by atoms with van der Waals surface area (Å²) in [4.78, 5) is 69.3. The number of fused-ring (bicyclic) bond motifs is 1. The average Bonchev–Trinajstić information content (AvgIpc) is 3.22. The van der Waals surface area contributed by atoms with Crippen LogP contribution in [0.5, 0.6) is 0 Å². The Hall–Kier alpha value is -4.44. The van der Waals surface area contributed by atoms with Crippen LogP contribution in [0.15, 0.2) is 84.9 Å². The van der Waals surface area contributed by atoms with E-state index in [-0.39, 0.29) is 42.0 Å². The Kier molecular flexibility index (Phi) is 11.5. The largest absolute Gasteiger partial charge is 0.355 e. The van der Waals surface area contributed by atoms with Gasteiger partial charge in [0.15, 0.2) is 0 Å². The summed E-state index contributed by atoms with van der Waals surface area (Å²) in [7, 11) is 0. The molecule has 1 saturated heterocycles. The highest BCUT2D eigenvalue weighted by molar-refractivity contribution is 7.81. The van der Waals surface area contributed by atoms with Gasteiger partial charge in [0.1, 0.15) is 12.1 Å². The van der Waals surface area contributed by atoms with Crippen LogP contribution >= 0.6 is 12.6 Å². The quantitative estimate of drug-likeness (QED) is 0.144. The first-order valence-corrected chi connectivity index (χ1v) is 16.9. The molecule has 1 fully saturated rings. The highest BCUT2D eigenvalue weighted by Crippen LogP contribution is 2.30. The van der Waals surface area contributed by atoms with E-state index in [0.717, 1.165) is 11.1 Å². The Bertz CT molecular complexity index is 1550. The molecule has 0 spiro atoms. The number of likely N-dealkylation sites (tertiary alicyclic amines) is 1. The van der Waals surface area contributed by atoms with Crippen molar-refractivity contribution in [3.63, 3.8) is 0 Å². The molecule has 10 heteroatoms. The van der Waals surface area contributed by atoms with Crippen LogP contribution in [0.2, 0.25) is 0 Å². The van der Waals surface area contributed by atoms with Gasteiger partial charge < -0.3 is 15.5 Å². The molecule has 3 aromatic rings. The third-order valence-corrected chi connectivity index (χ3v) is 9.49. The normalized spacial score (nSPS) is 19.1. The molecule has 0 aliphatic carbocycles. The van der Waals surface area contributed by atoms with Gasteiger partial charge in [-0.3, -0.25) is 28.9 Å². The third kappa shape index (κ3) is 8.11. The number of rotatable bonds is 13. The van der Waals surface area contributed by atoms with Crippen molar-refractivity contribution >= 4 is 42.2 Å². The number of unbranched alkanes of at least 4 members (excludes halogenated alkanes) is 1. The van der Waals surface area contributed by atoms with Crippen molar-refractivity contribution in [3.8, 4) is 0 Å². The van der Waals surface area contributed by atoms with Crippen LogP contribution in [0.1, 0.15) is 76.8 Å². The maximum Gasteiger partial charge on any atom is 0.261 e. The van der Waals surface area contributed by atoms with E-state index in [1.165, 1.54) is 4.90 Å². The van der Waals surface area contributed by atoms with Crippen molar-refractivity contribution in [2.75, 3.05) is 19.6 Å². The second-order valence-electron chi connectivity index (χ2n) is 12.1. The van der Waals surface area contributed by atoms with Gasteiger partial charge in [0.2, 0.25) is 17.7 Å². The van der Waals surface area contributed by atoms with Gasteiger partial charge in [-0.05, 0) is 61.8 Å². The Labute approximate surface area is 281 Å². The monoisotopic (exact) mass is 654 g/mol. The van der Waals surface area contributed by atoms with E-state index in [0.29, 0.717) is 62.7 Å². The Morgan fingerprint density at radius 2 is 1.47 bits per heavy atom. The molecule has 3 aromatic carbocycles. The third-order valence-electron chi connectivity index (χ3n) is 9.00. The van der Waals surface area contributed by atoms with Crippen LogP contribution < -0.4 is 10.6 Å². The maximum atomic E-state index is 14.2. The number of carbonyl (C=O) groups excluding carboxylic acids is 5. The molecule has 5 rings (SSSR count). The molecule has 2 aliphatic heterocycles. The number of benzene rings is 3. The smallest absolute Gasteiger partial charge is 0.261 e. The molecular formula is C37H42N4O5S. The van der Waals surface area contributed by atoms with E-state index in [4.69, 9.17) is 0 Å². The second kappa shape index (κ2) is 15.9. The van der Waals surface area contributed by atoms with E-state index < -0.39 is 17.3 Å². The SMILES string of the molecule is CCNC(=O)[C@H](Cc1ccccc1)N1CC[C@H](c2ccccc2)C[C@H](NC(=O)[C@@H](S)CCCCN2C(=O)c3ccccc3C2=O)C1=O. The summed E-state index contributed by atoms with van der Waals surface area (Å²) in [6.07, 6.45) is 2.89. The van der Waals surface area contributed by atoms with E-state index in [1.54, 1.807) is 29.2 Å². The van der Waals surface area contributed by atoms with Crippen molar-refractivity contribution < 1.29 is 24.0 Å². The minimum absolute atomic E-state index is 0.0000806. The summed E-state index contributed by atoms with van der Waals surface area (Å²) < 4.78 is 0. The summed E-state index contributed by atoms with van der Waals surface area (Å²) in [6.45, 7) is 2.92. The number of hydrogen-bond donors (Lipinski definition) is 3. The predicted octanol–water partition coefficient (Wildman–Crippen LogP) is 4.39. The lowest BCUT2D eigenvalue weighted by atomic mass is 9.90. The first-order chi connectivity index (χ1) is 22.8. The van der Waals surface area contributed by atoms with Crippen molar-refractivity contribution in [3.05, 3.63) is 107 Å². The van der Waals surface area contributed by atoms with Crippen LogP contribution in [-0.2, 0) is 20.8 Å². The van der Waals surface area contributed by atoms with Crippen LogP contribution in [0, 0.1) is 0 Å². The number of thiol groups is 1. The molecule has 4 atom stereocenters. The predicted molar refractivity (Wildman–Crippen MR) is 183 cm³/mol. The standard InChI is InChI=1S/C37H42N4O5S/c1-2-38-33(42)31(23-25-13-5-3-6-14-25)40-22-20-27(26-15-7-4-8-16-26)24-30(37(40)46)39-34(43)32(47)19-11-12-21-41-35(44)28-17-9-10-18-29(28)36(41)45/h3-10,13-18,27,30-32,47H,2,11-12,19-24H2,1H3,(H,38,42)(H,39,43)/t27-,30-,31-,32-/m0/s1. The van der Waals surface area contributed by atoms with Gasteiger partial charge >= 0.3 is 0 Å². The molecule has 9 nitrogen and oxygen atoms in total. The number of amides is 5. The van der Waals surface area contributed by atoms with Crippen LogP contribution in [0.4, 0.5) is 0 Å². The van der Waals surface area contributed by atoms with E-state index in [9.17, 15) is 24.0 Å². The number of imide groups is 1. The van der Waals surface area contributed by atoms with Crippen LogP contribution in [0.25, 0.3) is 0 Å². The molecule has 5 amide bonds. The molecule has 47 heavy (non-hydrogen) atoms. The average molecular weight is 655 g/mol. The van der Waals surface area contributed by atoms with Crippen molar-refractivity contribution in [2.24, 2.45) is 0 Å². The summed E-state index contributed by atoms with van der Waals surface area (Å²) in [5.41, 5.74) is 2.85. The highest BCUT2D eigenvalue weighted by Gasteiger charge is 2.39. The molecule has 246 valence electrons. The fourth-order valence-electron chi connectivity index (χ4n) is 6.49. The van der Waals surface area contributed by atoms with E-state index >= 15 is 0 Å². The van der Waals surface area contributed by atoms with Gasteiger partial charge in [-0.2, -0.15) is 12.6 Å². The molecule has 2 heterocycles. The Morgan fingerprint density at radius 3 is 2.11 bits per heavy atom. The molecule has 2 N–H and O–H groups in total. The Balaban J connectivity index is 1.25. The second-order valence-corrected chi connectivity index (χ2v) is 12.8. The fourth-order valence-corrected chi connectivity index (χ4v) is 6.75. The highest BCUT2D eigenvalue weighted by atomic mass is 32.1. The zero-order chi connectivity index (χ0) is 33.3. The summed E-state index contributed by atoms with van der Waals surface area (Å²) in [5.74, 6) is -1.46. The van der Waals surface area contributed by atoms with Gasteiger partial charge in [0.25, 0.3) is 11.8 Å². The lowest BCUT2D eigenvalue weighted by molar-refractivity contribution is -0.142. The number of nitrogens with one attached hydrogen (secondary N) is 2. The van der Waals surface area contributed by atoms with E-state index in [1.807, 2.05) is 67.6 Å². The van der Waals surface area contributed by atoms with Crippen LogP contribution in [-0.4, -0.2) is 76.3 Å². The number of likely N-dealkylation sites (N-methyl/N-ethyl adjacent to an activating group) is 1. The molecule has 0 radical (unpaired) electrons. The molecule has 2 aliphatic rings. The van der Waals surface area contributed by atoms with E-state index in [2.05, 4.69) is 23.3 Å². The molecule has 0 bridgehead atoms. The van der Waals surface area contributed by atoms with Gasteiger partial charge in [-0.15, -0.1) is 0 Å². The first kappa shape index (κ1) is 33.9. The Morgan fingerprint density at radius 1 is 0.851 bits per heavy atom. The minimum Gasteiger partial charge on any atom is -0.355 e. The van der Waals surface area contributed by atoms with Gasteiger partial charge in [-0.25, -0.2) is 0 Å². The summed E-state index contributed by atoms with van der Waals surface area (Å²) in [6, 6.07) is 24.8. The molecule has 0 unspecified atom stereocenters. The molecule has 0 saturated carbocycles. The van der Waals surface area contributed by atoms with Gasteiger partial charge in [0.05, 0.1) is 16.4 Å². The molecule has 0 aromatic heterocycles. The number of carbonyl (C=O) groups is 5. The fraction of sp³-hybridized carbons (Fsp3) is 0.378. The van der Waals surface area contributed by atoms with Crippen molar-refractivity contribution in [1.29, 1.82) is 0 Å². The summed E-state index contributed by atoms with van der Waals surface area (Å²) in [5, 5.41) is 5.19. The van der Waals surface area contributed by atoms with Gasteiger partial charge in [0, 0.05) is 26.1 Å². The minimum atomic E-state index is -0.837. The number of nitrogens with zero attached hydrogens (tertiary/aromatic N) is 2. The lowest BCUT2D eigenvalue weighted by Gasteiger charge is -2.32. The van der Waals surface area contributed by atoms with Gasteiger partial charge in [-0.1, -0.05) is 79.2 Å². The van der Waals surface area contributed by atoms with Crippen molar-refractivity contribution in [2.45, 2.75) is 68.7 Å². The van der Waals surface area contributed by atoms with Crippen molar-refractivity contribution in [1.82, 2.24) is 20.4 Å². The zero-order valence-corrected chi connectivity index (χ0v) is 27.5. The molecular weight excluding hydrogens is 612 g/mol. The maximum absolute atomic E-state index is 14.2.